The van der Waals surface area contributed by atoms with Crippen LogP contribution in [0.1, 0.15) is 17.2 Å². The van der Waals surface area contributed by atoms with Crippen molar-refractivity contribution in [3.8, 4) is 23.0 Å². The molecule has 0 radical (unpaired) electrons. The van der Waals surface area contributed by atoms with E-state index in [4.69, 9.17) is 19.3 Å². The molecule has 0 spiro atoms. The van der Waals surface area contributed by atoms with E-state index in [0.29, 0.717) is 17.1 Å². The minimum Gasteiger partial charge on any atom is -0.504 e. The molecule has 2 atom stereocenters. The van der Waals surface area contributed by atoms with Crippen LogP contribution in [0.2, 0.25) is 0 Å². The van der Waals surface area contributed by atoms with Crippen molar-refractivity contribution in [2.45, 2.75) is 12.2 Å². The van der Waals surface area contributed by atoms with Gasteiger partial charge in [0.1, 0.15) is 6.10 Å². The zero-order chi connectivity index (χ0) is 19.8. The lowest BCUT2D eigenvalue weighted by molar-refractivity contribution is -0.000515. The monoisotopic (exact) mass is 376 g/mol. The molecule has 0 aromatic heterocycles. The van der Waals surface area contributed by atoms with E-state index in [-0.39, 0.29) is 18.1 Å². The molecular formula is C20H24O7. The maximum absolute atomic E-state index is 10.6. The summed E-state index contributed by atoms with van der Waals surface area (Å²) in [6.45, 7) is -0.519. The fourth-order valence-electron chi connectivity index (χ4n) is 2.53. The Balaban J connectivity index is 2.24. The maximum Gasteiger partial charge on any atom is 0.161 e. The third-order valence-electron chi connectivity index (χ3n) is 3.96. The van der Waals surface area contributed by atoms with E-state index in [1.807, 2.05) is 0 Å². The number of aromatic hydroxyl groups is 1. The van der Waals surface area contributed by atoms with Gasteiger partial charge in [-0.15, -0.1) is 0 Å². The Morgan fingerprint density at radius 2 is 1.70 bits per heavy atom. The van der Waals surface area contributed by atoms with E-state index < -0.39 is 18.8 Å². The SMILES string of the molecule is COc1cc([C@@H](O)[C@@H](CO)Oc2ccc(C=CCO)cc2OC)ccc1O. The second-order valence-corrected chi connectivity index (χ2v) is 5.71. The zero-order valence-electron chi connectivity index (χ0n) is 15.2. The number of aliphatic hydroxyl groups is 3. The van der Waals surface area contributed by atoms with E-state index >= 15 is 0 Å². The molecule has 146 valence electrons. The molecule has 0 amide bonds. The third-order valence-corrected chi connectivity index (χ3v) is 3.96. The average Bonchev–Trinajstić information content (AvgIpc) is 2.70. The Bertz CT molecular complexity index is 773. The summed E-state index contributed by atoms with van der Waals surface area (Å²) < 4.78 is 16.1. The predicted octanol–water partition coefficient (Wildman–Crippen LogP) is 1.89. The lowest BCUT2D eigenvalue weighted by Gasteiger charge is -2.24. The smallest absolute Gasteiger partial charge is 0.161 e. The first-order chi connectivity index (χ1) is 13.0. The topological polar surface area (TPSA) is 109 Å². The summed E-state index contributed by atoms with van der Waals surface area (Å²) in [5.41, 5.74) is 1.22. The lowest BCUT2D eigenvalue weighted by Crippen LogP contribution is -2.29. The quantitative estimate of drug-likeness (QED) is 0.529. The molecule has 27 heavy (non-hydrogen) atoms. The largest absolute Gasteiger partial charge is 0.504 e. The van der Waals surface area contributed by atoms with E-state index in [1.165, 1.54) is 32.4 Å². The molecule has 0 heterocycles. The molecule has 0 aliphatic rings. The van der Waals surface area contributed by atoms with Crippen molar-refractivity contribution in [2.24, 2.45) is 0 Å². The molecule has 0 aliphatic heterocycles. The van der Waals surface area contributed by atoms with Gasteiger partial charge in [0.05, 0.1) is 27.4 Å². The van der Waals surface area contributed by atoms with Crippen molar-refractivity contribution in [3.63, 3.8) is 0 Å². The maximum atomic E-state index is 10.6. The molecule has 2 aromatic carbocycles. The second-order valence-electron chi connectivity index (χ2n) is 5.71. The molecule has 0 saturated heterocycles. The number of hydrogen-bond acceptors (Lipinski definition) is 7. The summed E-state index contributed by atoms with van der Waals surface area (Å²) in [7, 11) is 2.89. The van der Waals surface area contributed by atoms with Crippen molar-refractivity contribution < 1.29 is 34.6 Å². The molecule has 0 aliphatic carbocycles. The summed E-state index contributed by atoms with van der Waals surface area (Å²) in [5, 5.41) is 38.8. The van der Waals surface area contributed by atoms with Crippen LogP contribution in [0.5, 0.6) is 23.0 Å². The van der Waals surface area contributed by atoms with Crippen LogP contribution < -0.4 is 14.2 Å². The van der Waals surface area contributed by atoms with Crippen molar-refractivity contribution >= 4 is 6.08 Å². The van der Waals surface area contributed by atoms with Crippen molar-refractivity contribution in [3.05, 3.63) is 53.6 Å². The summed E-state index contributed by atoms with van der Waals surface area (Å²) >= 11 is 0. The van der Waals surface area contributed by atoms with Crippen LogP contribution in [0.15, 0.2) is 42.5 Å². The molecule has 0 fully saturated rings. The van der Waals surface area contributed by atoms with E-state index in [2.05, 4.69) is 0 Å². The molecule has 7 nitrogen and oxygen atoms in total. The summed E-state index contributed by atoms with van der Waals surface area (Å²) in [4.78, 5) is 0. The summed E-state index contributed by atoms with van der Waals surface area (Å²) in [6, 6.07) is 9.53. The highest BCUT2D eigenvalue weighted by atomic mass is 16.5. The Morgan fingerprint density at radius 1 is 0.963 bits per heavy atom. The number of ether oxygens (including phenoxy) is 3. The van der Waals surface area contributed by atoms with Gasteiger partial charge < -0.3 is 34.6 Å². The molecule has 0 saturated carbocycles. The number of benzene rings is 2. The van der Waals surface area contributed by atoms with Gasteiger partial charge in [0.2, 0.25) is 0 Å². The van der Waals surface area contributed by atoms with Crippen molar-refractivity contribution in [1.29, 1.82) is 0 Å². The van der Waals surface area contributed by atoms with Gasteiger partial charge in [-0.05, 0) is 35.4 Å². The van der Waals surface area contributed by atoms with Gasteiger partial charge in [-0.2, -0.15) is 0 Å². The zero-order valence-corrected chi connectivity index (χ0v) is 15.2. The third kappa shape index (κ3) is 5.13. The van der Waals surface area contributed by atoms with Gasteiger partial charge in [0, 0.05) is 0 Å². The number of rotatable bonds is 9. The molecular weight excluding hydrogens is 352 g/mol. The van der Waals surface area contributed by atoms with Crippen LogP contribution in [0.4, 0.5) is 0 Å². The van der Waals surface area contributed by atoms with E-state index in [1.54, 1.807) is 30.4 Å². The van der Waals surface area contributed by atoms with Crippen LogP contribution in [-0.2, 0) is 0 Å². The molecule has 4 N–H and O–H groups in total. The van der Waals surface area contributed by atoms with Crippen LogP contribution in [0, 0.1) is 0 Å². The average molecular weight is 376 g/mol. The molecule has 0 unspecified atom stereocenters. The van der Waals surface area contributed by atoms with Gasteiger partial charge in [-0.25, -0.2) is 0 Å². The predicted molar refractivity (Wildman–Crippen MR) is 100 cm³/mol. The van der Waals surface area contributed by atoms with Crippen LogP contribution >= 0.6 is 0 Å². The number of methoxy groups -OCH3 is 2. The fraction of sp³-hybridized carbons (Fsp3) is 0.300. The van der Waals surface area contributed by atoms with Crippen LogP contribution in [0.25, 0.3) is 6.08 Å². The fourth-order valence-corrected chi connectivity index (χ4v) is 2.53. The number of aliphatic hydroxyl groups excluding tert-OH is 3. The van der Waals surface area contributed by atoms with Gasteiger partial charge >= 0.3 is 0 Å². The molecule has 7 heteroatoms. The highest BCUT2D eigenvalue weighted by Crippen LogP contribution is 2.34. The first-order valence-electron chi connectivity index (χ1n) is 8.32. The summed E-state index contributed by atoms with van der Waals surface area (Å²) in [5.74, 6) is 0.926. The van der Waals surface area contributed by atoms with Gasteiger partial charge in [-0.3, -0.25) is 0 Å². The Morgan fingerprint density at radius 3 is 2.33 bits per heavy atom. The number of phenols is 1. The second kappa shape index (κ2) is 9.82. The Hall–Kier alpha value is -2.74. The van der Waals surface area contributed by atoms with Gasteiger partial charge in [-0.1, -0.05) is 24.3 Å². The number of hydrogen-bond donors (Lipinski definition) is 4. The van der Waals surface area contributed by atoms with Crippen molar-refractivity contribution in [1.82, 2.24) is 0 Å². The highest BCUT2D eigenvalue weighted by molar-refractivity contribution is 5.56. The molecule has 2 aromatic rings. The lowest BCUT2D eigenvalue weighted by atomic mass is 10.0. The minimum atomic E-state index is -1.16. The van der Waals surface area contributed by atoms with Gasteiger partial charge in [0.15, 0.2) is 29.1 Å². The minimum absolute atomic E-state index is 0.0527. The molecule has 2 rings (SSSR count). The van der Waals surface area contributed by atoms with E-state index in [9.17, 15) is 15.3 Å². The number of phenolic OH excluding ortho intramolecular Hbond substituents is 1. The van der Waals surface area contributed by atoms with Crippen LogP contribution in [-0.4, -0.2) is 54.0 Å². The summed E-state index contributed by atoms with van der Waals surface area (Å²) in [6.07, 6.45) is 1.19. The Labute approximate surface area is 157 Å². The first kappa shape index (κ1) is 20.6. The van der Waals surface area contributed by atoms with E-state index in [0.717, 1.165) is 5.56 Å². The standard InChI is InChI=1S/C20H24O7/c1-25-17-11-14(6-7-15(17)23)20(24)19(12-22)27-16-8-5-13(4-3-9-21)10-18(16)26-2/h3-8,10-11,19-24H,9,12H2,1-2H3/t19-,20-/m1/s1. The van der Waals surface area contributed by atoms with Crippen LogP contribution in [0.3, 0.4) is 0 Å². The first-order valence-corrected chi connectivity index (χ1v) is 8.32. The Kier molecular flexibility index (Phi) is 7.48. The van der Waals surface area contributed by atoms with Gasteiger partial charge in [0.25, 0.3) is 0 Å². The normalized spacial score (nSPS) is 13.4. The van der Waals surface area contributed by atoms with Crippen molar-refractivity contribution in [2.75, 3.05) is 27.4 Å². The molecule has 0 bridgehead atoms. The highest BCUT2D eigenvalue weighted by Gasteiger charge is 2.24.